The number of hydrogen-bond donors (Lipinski definition) is 2. The van der Waals surface area contributed by atoms with Crippen LogP contribution in [0.15, 0.2) is 29.2 Å². The van der Waals surface area contributed by atoms with E-state index in [1.165, 1.54) is 0 Å². The maximum atomic E-state index is 12.4. The average molecular weight is 312 g/mol. The molecule has 4 nitrogen and oxygen atoms in total. The lowest BCUT2D eigenvalue weighted by Crippen LogP contribution is -2.48. The Morgan fingerprint density at radius 2 is 1.52 bits per heavy atom. The average Bonchev–Trinajstić information content (AvgIpc) is 2.34. The molecule has 0 aromatic heterocycles. The molecule has 1 unspecified atom stereocenters. The highest BCUT2D eigenvalue weighted by Gasteiger charge is 2.28. The Morgan fingerprint density at radius 3 is 1.86 bits per heavy atom. The number of rotatable bonds is 4. The van der Waals surface area contributed by atoms with Crippen molar-refractivity contribution in [2.24, 2.45) is 11.1 Å². The summed E-state index contributed by atoms with van der Waals surface area (Å²) in [6.45, 7) is 12.5. The lowest BCUT2D eigenvalue weighted by Gasteiger charge is -2.30. The Morgan fingerprint density at radius 1 is 1.05 bits per heavy atom. The highest BCUT2D eigenvalue weighted by molar-refractivity contribution is 7.89. The summed E-state index contributed by atoms with van der Waals surface area (Å²) < 4.78 is 27.6. The molecule has 0 aliphatic heterocycles. The fourth-order valence-electron chi connectivity index (χ4n) is 1.97. The fraction of sp³-hybridized carbons (Fsp3) is 0.625. The van der Waals surface area contributed by atoms with E-state index in [0.29, 0.717) is 0 Å². The van der Waals surface area contributed by atoms with Crippen LogP contribution in [0.3, 0.4) is 0 Å². The van der Waals surface area contributed by atoms with Gasteiger partial charge < -0.3 is 5.73 Å². The summed E-state index contributed by atoms with van der Waals surface area (Å²) in [7, 11) is -3.55. The molecule has 0 spiro atoms. The van der Waals surface area contributed by atoms with Crippen molar-refractivity contribution in [2.45, 2.75) is 57.9 Å². The van der Waals surface area contributed by atoms with E-state index >= 15 is 0 Å². The first-order chi connectivity index (χ1) is 9.38. The van der Waals surface area contributed by atoms with Crippen molar-refractivity contribution in [2.75, 3.05) is 6.54 Å². The molecule has 120 valence electrons. The van der Waals surface area contributed by atoms with Gasteiger partial charge in [0.1, 0.15) is 0 Å². The number of nitrogens with two attached hydrogens (primary N) is 1. The highest BCUT2D eigenvalue weighted by Crippen LogP contribution is 2.24. The monoisotopic (exact) mass is 312 g/mol. The number of sulfonamides is 1. The van der Waals surface area contributed by atoms with Crippen molar-refractivity contribution in [3.63, 3.8) is 0 Å². The van der Waals surface area contributed by atoms with Gasteiger partial charge in [-0.3, -0.25) is 0 Å². The molecule has 5 heteroatoms. The Bertz CT molecular complexity index is 564. The van der Waals surface area contributed by atoms with Crippen LogP contribution in [0.1, 0.15) is 47.1 Å². The van der Waals surface area contributed by atoms with Crippen molar-refractivity contribution in [3.05, 3.63) is 29.8 Å². The van der Waals surface area contributed by atoms with Crippen molar-refractivity contribution >= 4 is 10.0 Å². The smallest absolute Gasteiger partial charge is 0.240 e. The Balaban J connectivity index is 3.04. The Hall–Kier alpha value is -0.910. The van der Waals surface area contributed by atoms with Crippen molar-refractivity contribution in [3.8, 4) is 0 Å². The molecule has 0 heterocycles. The molecule has 0 fully saturated rings. The van der Waals surface area contributed by atoms with Crippen LogP contribution in [0, 0.1) is 5.41 Å². The first-order valence-electron chi connectivity index (χ1n) is 7.21. The topological polar surface area (TPSA) is 72.2 Å². The molecule has 0 amide bonds. The molecule has 0 bridgehead atoms. The zero-order valence-electron chi connectivity index (χ0n) is 13.9. The van der Waals surface area contributed by atoms with Gasteiger partial charge in [-0.05, 0) is 28.5 Å². The molecule has 3 N–H and O–H groups in total. The lowest BCUT2D eigenvalue weighted by molar-refractivity contribution is 0.304. The minimum Gasteiger partial charge on any atom is -0.329 e. The van der Waals surface area contributed by atoms with Gasteiger partial charge in [0.05, 0.1) is 4.90 Å². The standard InChI is InChI=1S/C16H28N2O2S/c1-15(2,3)12-7-9-13(10-8-12)21(19,20)18-14(11-17)16(4,5)6/h7-10,14,18H,11,17H2,1-6H3. The molecule has 21 heavy (non-hydrogen) atoms. The van der Waals surface area contributed by atoms with Crippen LogP contribution in [0.2, 0.25) is 0 Å². The Labute approximate surface area is 129 Å². The van der Waals surface area contributed by atoms with Gasteiger partial charge >= 0.3 is 0 Å². The van der Waals surface area contributed by atoms with Crippen LogP contribution in [-0.2, 0) is 15.4 Å². The molecule has 0 aliphatic rings. The molecule has 0 saturated carbocycles. The quantitative estimate of drug-likeness (QED) is 0.897. The van der Waals surface area contributed by atoms with Crippen molar-refractivity contribution in [1.29, 1.82) is 0 Å². The van der Waals surface area contributed by atoms with Gasteiger partial charge in [-0.15, -0.1) is 0 Å². The first-order valence-corrected chi connectivity index (χ1v) is 8.69. The van der Waals surface area contributed by atoms with E-state index in [0.717, 1.165) is 5.56 Å². The molecule has 0 aliphatic carbocycles. The van der Waals surface area contributed by atoms with Crippen LogP contribution >= 0.6 is 0 Å². The largest absolute Gasteiger partial charge is 0.329 e. The summed E-state index contributed by atoms with van der Waals surface area (Å²) in [6, 6.07) is 6.73. The van der Waals surface area contributed by atoms with E-state index in [-0.39, 0.29) is 28.3 Å². The second-order valence-corrected chi connectivity index (χ2v) is 9.26. The molecular formula is C16H28N2O2S. The van der Waals surface area contributed by atoms with Crippen LogP contribution in [0.25, 0.3) is 0 Å². The second-order valence-electron chi connectivity index (χ2n) is 7.55. The maximum Gasteiger partial charge on any atom is 0.240 e. The van der Waals surface area contributed by atoms with E-state index in [1.807, 2.05) is 32.9 Å². The molecule has 1 rings (SSSR count). The molecule has 1 atom stereocenters. The third-order valence-corrected chi connectivity index (χ3v) is 5.10. The summed E-state index contributed by atoms with van der Waals surface area (Å²) in [5.74, 6) is 0. The van der Waals surface area contributed by atoms with Gasteiger partial charge in [-0.2, -0.15) is 0 Å². The third-order valence-electron chi connectivity index (χ3n) is 3.61. The maximum absolute atomic E-state index is 12.4. The SMILES string of the molecule is CC(C)(C)c1ccc(S(=O)(=O)NC(CN)C(C)(C)C)cc1. The zero-order valence-corrected chi connectivity index (χ0v) is 14.7. The van der Waals surface area contributed by atoms with E-state index in [2.05, 4.69) is 25.5 Å². The van der Waals surface area contributed by atoms with Gasteiger partial charge in [0.15, 0.2) is 0 Å². The normalized spacial score (nSPS) is 15.0. The Kier molecular flexibility index (Phi) is 5.24. The van der Waals surface area contributed by atoms with Crippen molar-refractivity contribution in [1.82, 2.24) is 4.72 Å². The summed E-state index contributed by atoms with van der Waals surface area (Å²) in [6.07, 6.45) is 0. The van der Waals surface area contributed by atoms with Crippen LogP contribution in [-0.4, -0.2) is 21.0 Å². The minimum atomic E-state index is -3.55. The van der Waals surface area contributed by atoms with Crippen molar-refractivity contribution < 1.29 is 8.42 Å². The fourth-order valence-corrected chi connectivity index (χ4v) is 3.42. The van der Waals surface area contributed by atoms with Gasteiger partial charge in [0.2, 0.25) is 10.0 Å². The van der Waals surface area contributed by atoms with E-state index in [1.54, 1.807) is 12.1 Å². The van der Waals surface area contributed by atoms with Gasteiger partial charge in [0, 0.05) is 12.6 Å². The molecule has 1 aromatic carbocycles. The zero-order chi connectivity index (χ0) is 16.5. The predicted octanol–water partition coefficient (Wildman–Crippen LogP) is 2.64. The van der Waals surface area contributed by atoms with Gasteiger partial charge in [-0.1, -0.05) is 53.7 Å². The van der Waals surface area contributed by atoms with Gasteiger partial charge in [-0.25, -0.2) is 13.1 Å². The third kappa shape index (κ3) is 4.80. The first kappa shape index (κ1) is 18.1. The van der Waals surface area contributed by atoms with E-state index < -0.39 is 10.0 Å². The second kappa shape index (κ2) is 6.07. The summed E-state index contributed by atoms with van der Waals surface area (Å²) in [5.41, 5.74) is 6.57. The van der Waals surface area contributed by atoms with E-state index in [4.69, 9.17) is 5.73 Å². The predicted molar refractivity (Wildman–Crippen MR) is 87.8 cm³/mol. The molecule has 1 aromatic rings. The van der Waals surface area contributed by atoms with E-state index in [9.17, 15) is 8.42 Å². The number of benzene rings is 1. The number of nitrogens with one attached hydrogen (secondary N) is 1. The molecular weight excluding hydrogens is 284 g/mol. The van der Waals surface area contributed by atoms with Crippen LogP contribution < -0.4 is 10.5 Å². The molecule has 0 saturated heterocycles. The molecule has 0 radical (unpaired) electrons. The number of hydrogen-bond acceptors (Lipinski definition) is 3. The highest BCUT2D eigenvalue weighted by atomic mass is 32.2. The van der Waals surface area contributed by atoms with Crippen LogP contribution in [0.5, 0.6) is 0 Å². The summed E-state index contributed by atoms with van der Waals surface area (Å²) >= 11 is 0. The lowest BCUT2D eigenvalue weighted by atomic mass is 9.87. The summed E-state index contributed by atoms with van der Waals surface area (Å²) in [4.78, 5) is 0.276. The minimum absolute atomic E-state index is 0.000917. The summed E-state index contributed by atoms with van der Waals surface area (Å²) in [5, 5.41) is 0. The van der Waals surface area contributed by atoms with Gasteiger partial charge in [0.25, 0.3) is 0 Å². The van der Waals surface area contributed by atoms with Crippen LogP contribution in [0.4, 0.5) is 0 Å².